The molecule has 1 heterocycles. The highest BCUT2D eigenvalue weighted by atomic mass is 35.5. The summed E-state index contributed by atoms with van der Waals surface area (Å²) in [5, 5.41) is 3.44. The summed E-state index contributed by atoms with van der Waals surface area (Å²) in [4.78, 5) is 41.4. The smallest absolute Gasteiger partial charge is 0.248 e. The van der Waals surface area contributed by atoms with Gasteiger partial charge in [0.25, 0.3) is 0 Å². The van der Waals surface area contributed by atoms with Crippen molar-refractivity contribution >= 4 is 35.0 Å². The van der Waals surface area contributed by atoms with Crippen LogP contribution in [0.3, 0.4) is 0 Å². The average Bonchev–Trinajstić information content (AvgIpc) is 3.44. The number of benzene rings is 2. The van der Waals surface area contributed by atoms with E-state index in [2.05, 4.69) is 5.32 Å². The number of carbonyl (C=O) groups excluding carboxylic acids is 3. The maximum atomic E-state index is 13.4. The van der Waals surface area contributed by atoms with Crippen molar-refractivity contribution in [1.29, 1.82) is 0 Å². The van der Waals surface area contributed by atoms with Crippen LogP contribution in [-0.2, 0) is 20.8 Å². The van der Waals surface area contributed by atoms with Gasteiger partial charge in [-0.25, -0.2) is 0 Å². The van der Waals surface area contributed by atoms with Gasteiger partial charge in [0.2, 0.25) is 17.7 Å². The highest BCUT2D eigenvalue weighted by Gasteiger charge is 2.62. The first-order valence-corrected chi connectivity index (χ1v) is 11.3. The van der Waals surface area contributed by atoms with Gasteiger partial charge in [-0.05, 0) is 61.3 Å². The number of nitrogens with one attached hydrogen (secondary N) is 1. The maximum absolute atomic E-state index is 13.4. The normalized spacial score (nSPS) is 27.5. The third-order valence-electron chi connectivity index (χ3n) is 7.29. The summed E-state index contributed by atoms with van der Waals surface area (Å²) in [5.41, 5.74) is 2.37. The Morgan fingerprint density at radius 1 is 1.06 bits per heavy atom. The molecule has 160 valence electrons. The largest absolute Gasteiger partial charge is 0.324 e. The number of hydrogen-bond acceptors (Lipinski definition) is 3. The Morgan fingerprint density at radius 3 is 2.32 bits per heavy atom. The molecule has 2 aromatic rings. The molecule has 2 aliphatic carbocycles. The third kappa shape index (κ3) is 3.45. The number of aryl methyl sites for hydroxylation is 1. The number of rotatable bonds is 5. The van der Waals surface area contributed by atoms with Crippen LogP contribution in [0, 0.1) is 30.6 Å². The van der Waals surface area contributed by atoms with Gasteiger partial charge < -0.3 is 5.32 Å². The number of nitrogens with zero attached hydrogens (tertiary/aromatic N) is 1. The summed E-state index contributed by atoms with van der Waals surface area (Å²) in [6.45, 7) is 1.89. The lowest BCUT2D eigenvalue weighted by Crippen LogP contribution is -2.49. The predicted octanol–water partition coefficient (Wildman–Crippen LogP) is 4.23. The second-order valence-corrected chi connectivity index (χ2v) is 9.50. The molecule has 3 fully saturated rings. The van der Waals surface area contributed by atoms with E-state index in [1.807, 2.05) is 43.3 Å². The molecule has 5 nitrogen and oxygen atoms in total. The minimum absolute atomic E-state index is 0.166. The lowest BCUT2D eigenvalue weighted by Gasteiger charge is -2.27. The third-order valence-corrected chi connectivity index (χ3v) is 7.69. The SMILES string of the molecule is Cc1ccc(NC(=O)[C@H](Cc2ccccc2)N2C(=O)[C@@H]3[C@H]4CC[C@@H](C4)[C@H]3C2=O)cc1Cl. The first kappa shape index (κ1) is 20.3. The van der Waals surface area contributed by atoms with Gasteiger partial charge in [-0.1, -0.05) is 48.0 Å². The second-order valence-electron chi connectivity index (χ2n) is 9.09. The Labute approximate surface area is 186 Å². The molecule has 31 heavy (non-hydrogen) atoms. The molecule has 3 amide bonds. The van der Waals surface area contributed by atoms with Crippen LogP contribution in [-0.4, -0.2) is 28.7 Å². The van der Waals surface area contributed by atoms with Crippen LogP contribution < -0.4 is 5.32 Å². The number of halogens is 1. The van der Waals surface area contributed by atoms with Gasteiger partial charge in [-0.3, -0.25) is 19.3 Å². The quantitative estimate of drug-likeness (QED) is 0.713. The van der Waals surface area contributed by atoms with Crippen LogP contribution in [0.15, 0.2) is 48.5 Å². The molecule has 1 N–H and O–H groups in total. The number of amides is 3. The number of imide groups is 1. The number of carbonyl (C=O) groups is 3. The van der Waals surface area contributed by atoms with E-state index < -0.39 is 6.04 Å². The van der Waals surface area contributed by atoms with Crippen LogP contribution >= 0.6 is 11.6 Å². The van der Waals surface area contributed by atoms with Crippen molar-refractivity contribution < 1.29 is 14.4 Å². The first-order valence-electron chi connectivity index (χ1n) is 10.9. The summed E-state index contributed by atoms with van der Waals surface area (Å²) in [6, 6.07) is 13.9. The minimum Gasteiger partial charge on any atom is -0.324 e. The Morgan fingerprint density at radius 2 is 1.71 bits per heavy atom. The standard InChI is InChI=1S/C25H25ClN2O3/c1-14-7-10-18(13-19(14)26)27-23(29)20(11-15-5-3-2-4-6-15)28-24(30)21-16-8-9-17(12-16)22(21)25(28)31/h2-7,10,13,16-17,20-22H,8-9,11-12H2,1H3,(H,27,29)/t16-,17-,20-,21+,22+/m0/s1. The monoisotopic (exact) mass is 436 g/mol. The van der Waals surface area contributed by atoms with Crippen molar-refractivity contribution in [2.45, 2.75) is 38.6 Å². The van der Waals surface area contributed by atoms with Gasteiger partial charge in [0.05, 0.1) is 11.8 Å². The molecule has 5 atom stereocenters. The number of anilines is 1. The number of fused-ring (bicyclic) bond motifs is 5. The van der Waals surface area contributed by atoms with Crippen molar-refractivity contribution in [3.8, 4) is 0 Å². The Bertz CT molecular complexity index is 1030. The number of likely N-dealkylation sites (tertiary alicyclic amines) is 1. The summed E-state index contributed by atoms with van der Waals surface area (Å²) >= 11 is 6.21. The fourth-order valence-corrected chi connectivity index (χ4v) is 5.95. The van der Waals surface area contributed by atoms with E-state index in [9.17, 15) is 14.4 Å². The van der Waals surface area contributed by atoms with Gasteiger partial charge in [0, 0.05) is 17.1 Å². The van der Waals surface area contributed by atoms with E-state index in [1.54, 1.807) is 12.1 Å². The molecule has 0 spiro atoms. The lowest BCUT2D eigenvalue weighted by molar-refractivity contribution is -0.147. The van der Waals surface area contributed by atoms with Crippen LogP contribution in [0.1, 0.15) is 30.4 Å². The van der Waals surface area contributed by atoms with Crippen molar-refractivity contribution in [2.24, 2.45) is 23.7 Å². The van der Waals surface area contributed by atoms with E-state index in [0.29, 0.717) is 17.1 Å². The van der Waals surface area contributed by atoms with Crippen LogP contribution in [0.4, 0.5) is 5.69 Å². The molecule has 6 heteroatoms. The minimum atomic E-state index is -0.882. The molecule has 2 bridgehead atoms. The van der Waals surface area contributed by atoms with E-state index in [-0.39, 0.29) is 41.4 Å². The second kappa shape index (κ2) is 7.79. The Kier molecular flexibility index (Phi) is 5.09. The Hall–Kier alpha value is -2.66. The average molecular weight is 437 g/mol. The molecule has 0 unspecified atom stereocenters. The zero-order valence-corrected chi connectivity index (χ0v) is 18.1. The van der Waals surface area contributed by atoms with E-state index in [4.69, 9.17) is 11.6 Å². The molecular weight excluding hydrogens is 412 g/mol. The molecule has 1 saturated heterocycles. The molecule has 0 aromatic heterocycles. The first-order chi connectivity index (χ1) is 14.9. The highest BCUT2D eigenvalue weighted by Crippen LogP contribution is 2.56. The molecule has 5 rings (SSSR count). The molecule has 2 aromatic carbocycles. The predicted molar refractivity (Wildman–Crippen MR) is 118 cm³/mol. The summed E-state index contributed by atoms with van der Waals surface area (Å²) in [6.07, 6.45) is 3.28. The van der Waals surface area contributed by atoms with Gasteiger partial charge >= 0.3 is 0 Å². The molecule has 2 saturated carbocycles. The van der Waals surface area contributed by atoms with Gasteiger partial charge in [-0.15, -0.1) is 0 Å². The van der Waals surface area contributed by atoms with Crippen molar-refractivity contribution in [3.63, 3.8) is 0 Å². The van der Waals surface area contributed by atoms with Gasteiger partial charge in [0.15, 0.2) is 0 Å². The van der Waals surface area contributed by atoms with E-state index >= 15 is 0 Å². The molecule has 0 radical (unpaired) electrons. The van der Waals surface area contributed by atoms with Gasteiger partial charge in [0.1, 0.15) is 6.04 Å². The molecular formula is C25H25ClN2O3. The topological polar surface area (TPSA) is 66.5 Å². The molecule has 3 aliphatic rings. The lowest BCUT2D eigenvalue weighted by atomic mass is 9.81. The van der Waals surface area contributed by atoms with Crippen molar-refractivity contribution in [1.82, 2.24) is 4.90 Å². The van der Waals surface area contributed by atoms with Crippen LogP contribution in [0.25, 0.3) is 0 Å². The zero-order chi connectivity index (χ0) is 21.7. The van der Waals surface area contributed by atoms with Crippen LogP contribution in [0.5, 0.6) is 0 Å². The van der Waals surface area contributed by atoms with Crippen LogP contribution in [0.2, 0.25) is 5.02 Å². The molecule has 1 aliphatic heterocycles. The number of hydrogen-bond donors (Lipinski definition) is 1. The van der Waals surface area contributed by atoms with Crippen molar-refractivity contribution in [3.05, 3.63) is 64.7 Å². The zero-order valence-electron chi connectivity index (χ0n) is 17.4. The highest BCUT2D eigenvalue weighted by molar-refractivity contribution is 6.31. The fourth-order valence-electron chi connectivity index (χ4n) is 5.77. The van der Waals surface area contributed by atoms with E-state index in [1.165, 1.54) is 4.90 Å². The fraction of sp³-hybridized carbons (Fsp3) is 0.400. The Balaban J connectivity index is 1.45. The van der Waals surface area contributed by atoms with Crippen molar-refractivity contribution in [2.75, 3.05) is 5.32 Å². The van der Waals surface area contributed by atoms with Gasteiger partial charge in [-0.2, -0.15) is 0 Å². The van der Waals surface area contributed by atoms with E-state index in [0.717, 1.165) is 30.4 Å². The summed E-state index contributed by atoms with van der Waals surface area (Å²) in [7, 11) is 0. The maximum Gasteiger partial charge on any atom is 0.248 e. The summed E-state index contributed by atoms with van der Waals surface area (Å²) < 4.78 is 0. The summed E-state index contributed by atoms with van der Waals surface area (Å²) in [5.74, 6) is -0.615.